The zero-order valence-electron chi connectivity index (χ0n) is 12.5. The van der Waals surface area contributed by atoms with Crippen LogP contribution in [0.25, 0.3) is 0 Å². The van der Waals surface area contributed by atoms with Crippen molar-refractivity contribution in [2.45, 2.75) is 71.3 Å². The van der Waals surface area contributed by atoms with Crippen LogP contribution in [0, 0.1) is 17.3 Å². The molecular weight excluding hydrogens is 238 g/mol. The first-order chi connectivity index (χ1) is 9.13. The van der Waals surface area contributed by atoms with Crippen molar-refractivity contribution in [1.29, 1.82) is 0 Å². The maximum absolute atomic E-state index is 11.5. The van der Waals surface area contributed by atoms with E-state index in [4.69, 9.17) is 0 Å². The van der Waals surface area contributed by atoms with E-state index >= 15 is 0 Å². The first-order valence-corrected chi connectivity index (χ1v) is 8.09. The first kappa shape index (κ1) is 14.8. The van der Waals surface area contributed by atoms with Gasteiger partial charge in [-0.15, -0.1) is 0 Å². The van der Waals surface area contributed by atoms with Gasteiger partial charge in [0, 0.05) is 12.6 Å². The summed E-state index contributed by atoms with van der Waals surface area (Å²) in [6, 6.07) is 0.568. The normalized spacial score (nSPS) is 28.3. The molecule has 0 aromatic heterocycles. The Labute approximate surface area is 117 Å². The van der Waals surface area contributed by atoms with Gasteiger partial charge in [-0.25, -0.2) is 0 Å². The lowest BCUT2D eigenvalue weighted by molar-refractivity contribution is -0.149. The van der Waals surface area contributed by atoms with Gasteiger partial charge in [-0.1, -0.05) is 26.7 Å². The van der Waals surface area contributed by atoms with Gasteiger partial charge in [0.05, 0.1) is 5.41 Å². The van der Waals surface area contributed by atoms with Crippen LogP contribution in [0.3, 0.4) is 0 Å². The molecule has 110 valence electrons. The van der Waals surface area contributed by atoms with Gasteiger partial charge in [0.1, 0.15) is 0 Å². The molecule has 2 saturated carbocycles. The predicted molar refractivity (Wildman–Crippen MR) is 77.1 cm³/mol. The van der Waals surface area contributed by atoms with Crippen molar-refractivity contribution in [3.05, 3.63) is 0 Å². The number of carbonyl (C=O) groups is 1. The van der Waals surface area contributed by atoms with Crippen LogP contribution in [0.5, 0.6) is 0 Å². The Balaban J connectivity index is 1.93. The fourth-order valence-corrected chi connectivity index (χ4v) is 3.71. The van der Waals surface area contributed by atoms with Crippen LogP contribution in [0.2, 0.25) is 0 Å². The molecule has 2 N–H and O–H groups in total. The van der Waals surface area contributed by atoms with Gasteiger partial charge in [0.15, 0.2) is 0 Å². The van der Waals surface area contributed by atoms with E-state index < -0.39 is 11.4 Å². The molecular formula is C16H29NO2. The third-order valence-electron chi connectivity index (χ3n) is 5.56. The Bertz CT molecular complexity index is 308. The van der Waals surface area contributed by atoms with E-state index in [1.165, 1.54) is 38.5 Å². The molecule has 0 radical (unpaired) electrons. The third kappa shape index (κ3) is 3.31. The van der Waals surface area contributed by atoms with Crippen LogP contribution < -0.4 is 5.32 Å². The maximum atomic E-state index is 11.5. The second-order valence-electron chi connectivity index (χ2n) is 6.57. The summed E-state index contributed by atoms with van der Waals surface area (Å²) in [6.07, 6.45) is 9.48. The zero-order valence-corrected chi connectivity index (χ0v) is 12.5. The number of nitrogens with one attached hydrogen (secondary N) is 1. The summed E-state index contributed by atoms with van der Waals surface area (Å²) in [5.41, 5.74) is -0.564. The molecule has 2 fully saturated rings. The Morgan fingerprint density at radius 2 is 1.79 bits per heavy atom. The second-order valence-corrected chi connectivity index (χ2v) is 6.57. The summed E-state index contributed by atoms with van der Waals surface area (Å²) in [6.45, 7) is 4.64. The molecule has 2 rings (SSSR count). The molecule has 19 heavy (non-hydrogen) atoms. The highest BCUT2D eigenvalue weighted by Gasteiger charge is 2.40. The fourth-order valence-electron chi connectivity index (χ4n) is 3.71. The fraction of sp³-hybridized carbons (Fsp3) is 0.938. The molecule has 3 nitrogen and oxygen atoms in total. The van der Waals surface area contributed by atoms with Gasteiger partial charge in [0.2, 0.25) is 0 Å². The number of carboxylic acids is 1. The van der Waals surface area contributed by atoms with Crippen molar-refractivity contribution in [2.24, 2.45) is 17.3 Å². The second kappa shape index (κ2) is 6.25. The lowest BCUT2D eigenvalue weighted by atomic mass is 9.78. The average molecular weight is 267 g/mol. The van der Waals surface area contributed by atoms with Crippen molar-refractivity contribution >= 4 is 5.97 Å². The van der Waals surface area contributed by atoms with Crippen molar-refractivity contribution < 1.29 is 9.90 Å². The Hall–Kier alpha value is -0.570. The van der Waals surface area contributed by atoms with Gasteiger partial charge in [-0.2, -0.15) is 0 Å². The van der Waals surface area contributed by atoms with Gasteiger partial charge >= 0.3 is 5.97 Å². The number of rotatable bonds is 7. The maximum Gasteiger partial charge on any atom is 0.310 e. The summed E-state index contributed by atoms with van der Waals surface area (Å²) < 4.78 is 0. The number of hydrogen-bond acceptors (Lipinski definition) is 2. The van der Waals surface area contributed by atoms with Crippen LogP contribution in [-0.4, -0.2) is 23.7 Å². The molecule has 0 aromatic rings. The predicted octanol–water partition coefficient (Wildman–Crippen LogP) is 3.44. The molecule has 0 aromatic carbocycles. The Morgan fingerprint density at radius 3 is 2.32 bits per heavy atom. The van der Waals surface area contributed by atoms with Crippen molar-refractivity contribution in [3.63, 3.8) is 0 Å². The van der Waals surface area contributed by atoms with Crippen LogP contribution in [0.1, 0.15) is 65.2 Å². The molecule has 2 atom stereocenters. The van der Waals surface area contributed by atoms with Gasteiger partial charge in [-0.3, -0.25) is 4.79 Å². The van der Waals surface area contributed by atoms with Crippen LogP contribution >= 0.6 is 0 Å². The van der Waals surface area contributed by atoms with Crippen LogP contribution in [-0.2, 0) is 4.79 Å². The number of carboxylic acid groups (broad SMARTS) is 1. The molecule has 0 aliphatic heterocycles. The molecule has 2 aliphatic carbocycles. The van der Waals surface area contributed by atoms with Gasteiger partial charge < -0.3 is 10.4 Å². The molecule has 0 saturated heterocycles. The average Bonchev–Trinajstić information content (AvgIpc) is 3.25. The summed E-state index contributed by atoms with van der Waals surface area (Å²) in [4.78, 5) is 11.5. The monoisotopic (exact) mass is 267 g/mol. The third-order valence-corrected chi connectivity index (χ3v) is 5.56. The molecule has 2 unspecified atom stereocenters. The first-order valence-electron chi connectivity index (χ1n) is 8.09. The molecule has 0 amide bonds. The number of hydrogen-bond donors (Lipinski definition) is 2. The van der Waals surface area contributed by atoms with E-state index in [1.807, 2.05) is 13.8 Å². The van der Waals surface area contributed by atoms with E-state index in [2.05, 4.69) is 5.32 Å². The van der Waals surface area contributed by atoms with E-state index in [9.17, 15) is 9.90 Å². The minimum atomic E-state index is -0.635. The molecule has 0 spiro atoms. The van der Waals surface area contributed by atoms with E-state index in [-0.39, 0.29) is 0 Å². The van der Waals surface area contributed by atoms with Gasteiger partial charge in [-0.05, 0) is 50.4 Å². The molecule has 0 heterocycles. The topological polar surface area (TPSA) is 49.3 Å². The summed E-state index contributed by atoms with van der Waals surface area (Å²) in [5.74, 6) is 1.11. The molecule has 0 bridgehead atoms. The minimum Gasteiger partial charge on any atom is -0.481 e. The van der Waals surface area contributed by atoms with E-state index in [1.54, 1.807) is 0 Å². The zero-order chi connectivity index (χ0) is 13.9. The quantitative estimate of drug-likeness (QED) is 0.743. The van der Waals surface area contributed by atoms with E-state index in [0.717, 1.165) is 11.8 Å². The minimum absolute atomic E-state index is 0.564. The SMILES string of the molecule is CCC(CC)(CNC1CCCCC1C1CC1)C(=O)O. The van der Waals surface area contributed by atoms with Crippen LogP contribution in [0.4, 0.5) is 0 Å². The van der Waals surface area contributed by atoms with Crippen LogP contribution in [0.15, 0.2) is 0 Å². The number of aliphatic carboxylic acids is 1. The van der Waals surface area contributed by atoms with Crippen molar-refractivity contribution in [1.82, 2.24) is 5.32 Å². The lowest BCUT2D eigenvalue weighted by Gasteiger charge is -2.36. The summed E-state index contributed by atoms with van der Waals surface area (Å²) in [5, 5.41) is 13.1. The van der Waals surface area contributed by atoms with E-state index in [0.29, 0.717) is 25.4 Å². The molecule has 2 aliphatic rings. The largest absolute Gasteiger partial charge is 0.481 e. The van der Waals surface area contributed by atoms with Crippen molar-refractivity contribution in [2.75, 3.05) is 6.54 Å². The highest BCUT2D eigenvalue weighted by atomic mass is 16.4. The Morgan fingerprint density at radius 1 is 1.16 bits per heavy atom. The molecule has 3 heteroatoms. The highest BCUT2D eigenvalue weighted by Crippen LogP contribution is 2.44. The van der Waals surface area contributed by atoms with Gasteiger partial charge in [0.25, 0.3) is 0 Å². The summed E-state index contributed by atoms with van der Waals surface area (Å²) >= 11 is 0. The summed E-state index contributed by atoms with van der Waals surface area (Å²) in [7, 11) is 0. The lowest BCUT2D eigenvalue weighted by Crippen LogP contribution is -2.47. The van der Waals surface area contributed by atoms with Crippen molar-refractivity contribution in [3.8, 4) is 0 Å². The standard InChI is InChI=1S/C16H29NO2/c1-3-16(4-2,15(18)19)11-17-14-8-6-5-7-13(14)12-9-10-12/h12-14,17H,3-11H2,1-2H3,(H,18,19). The Kier molecular flexibility index (Phi) is 4.88. The smallest absolute Gasteiger partial charge is 0.310 e. The highest BCUT2D eigenvalue weighted by molar-refractivity contribution is 5.74.